The first kappa shape index (κ1) is 21.8. The van der Waals surface area contributed by atoms with Crippen LogP contribution in [-0.2, 0) is 6.54 Å². The Kier molecular flexibility index (Phi) is 5.77. The molecule has 0 unspecified atom stereocenters. The fraction of sp³-hybridized carbons (Fsp3) is 0.296. The number of amides is 1. The zero-order chi connectivity index (χ0) is 23.0. The summed E-state index contributed by atoms with van der Waals surface area (Å²) < 4.78 is 5.33. The summed E-state index contributed by atoms with van der Waals surface area (Å²) in [5.41, 5.74) is 4.41. The minimum atomic E-state index is -0.507. The summed E-state index contributed by atoms with van der Waals surface area (Å²) in [6.07, 6.45) is 1.62. The number of halogens is 1. The van der Waals surface area contributed by atoms with Crippen molar-refractivity contribution in [3.63, 3.8) is 0 Å². The van der Waals surface area contributed by atoms with Crippen LogP contribution in [0.25, 0.3) is 0 Å². The quantitative estimate of drug-likeness (QED) is 0.539. The molecule has 0 aromatic heterocycles. The highest BCUT2D eigenvalue weighted by Gasteiger charge is 2.47. The second kappa shape index (κ2) is 8.73. The molecule has 33 heavy (non-hydrogen) atoms. The van der Waals surface area contributed by atoms with E-state index in [-0.39, 0.29) is 5.91 Å². The first-order valence-electron chi connectivity index (χ1n) is 11.3. The Labute approximate surface area is 199 Å². The fourth-order valence-electron chi connectivity index (χ4n) is 5.02. The van der Waals surface area contributed by atoms with Crippen LogP contribution in [0.15, 0.2) is 66.7 Å². The lowest BCUT2D eigenvalue weighted by atomic mass is 9.89. The molecule has 1 saturated heterocycles. The van der Waals surface area contributed by atoms with E-state index in [1.54, 1.807) is 13.2 Å². The van der Waals surface area contributed by atoms with Crippen LogP contribution >= 0.6 is 11.6 Å². The lowest BCUT2D eigenvalue weighted by Gasteiger charge is -2.52. The van der Waals surface area contributed by atoms with Gasteiger partial charge in [0.2, 0.25) is 0 Å². The number of nitrogens with zero attached hydrogens (tertiary/aromatic N) is 2. The number of ether oxygens (including phenoxy) is 1. The Morgan fingerprint density at radius 1 is 1.03 bits per heavy atom. The molecule has 0 radical (unpaired) electrons. The van der Waals surface area contributed by atoms with Gasteiger partial charge in [0.15, 0.2) is 0 Å². The number of methoxy groups -OCH3 is 1. The van der Waals surface area contributed by atoms with E-state index in [9.17, 15) is 4.79 Å². The molecule has 0 bridgehead atoms. The number of anilines is 2. The molecule has 1 fully saturated rings. The molecule has 3 aromatic rings. The van der Waals surface area contributed by atoms with Crippen LogP contribution in [0.5, 0.6) is 5.75 Å². The summed E-state index contributed by atoms with van der Waals surface area (Å²) >= 11 is 6.28. The van der Waals surface area contributed by atoms with Gasteiger partial charge in [-0.05, 0) is 55.0 Å². The van der Waals surface area contributed by atoms with Crippen molar-refractivity contribution in [2.24, 2.45) is 0 Å². The minimum absolute atomic E-state index is 0.00211. The average Bonchev–Trinajstić information content (AvgIpc) is 2.81. The molecule has 0 aliphatic carbocycles. The number of likely N-dealkylation sites (tertiary alicyclic amines) is 1. The number of hydrogen-bond acceptors (Lipinski definition) is 4. The third-order valence-electron chi connectivity index (χ3n) is 6.71. The largest absolute Gasteiger partial charge is 0.497 e. The van der Waals surface area contributed by atoms with E-state index >= 15 is 0 Å². The monoisotopic (exact) mass is 461 g/mol. The normalized spacial score (nSPS) is 17.5. The molecule has 0 atom stereocenters. The van der Waals surface area contributed by atoms with Gasteiger partial charge in [0.25, 0.3) is 5.91 Å². The zero-order valence-corrected chi connectivity index (χ0v) is 19.7. The second-order valence-corrected chi connectivity index (χ2v) is 9.39. The third kappa shape index (κ3) is 4.19. The topological polar surface area (TPSA) is 44.8 Å². The van der Waals surface area contributed by atoms with Crippen molar-refractivity contribution in [1.29, 1.82) is 0 Å². The number of hydrogen-bond donors (Lipinski definition) is 1. The highest BCUT2D eigenvalue weighted by atomic mass is 35.5. The molecule has 5 nitrogen and oxygen atoms in total. The minimum Gasteiger partial charge on any atom is -0.497 e. The van der Waals surface area contributed by atoms with Gasteiger partial charge in [-0.1, -0.05) is 41.4 Å². The molecule has 1 spiro atoms. The van der Waals surface area contributed by atoms with E-state index < -0.39 is 5.66 Å². The molecule has 0 saturated carbocycles. The molecule has 1 amide bonds. The van der Waals surface area contributed by atoms with E-state index in [2.05, 4.69) is 41.4 Å². The van der Waals surface area contributed by atoms with Gasteiger partial charge in [-0.15, -0.1) is 0 Å². The van der Waals surface area contributed by atoms with E-state index in [1.165, 1.54) is 11.1 Å². The molecule has 5 rings (SSSR count). The number of carbonyl (C=O) groups is 1. The van der Waals surface area contributed by atoms with Crippen molar-refractivity contribution >= 4 is 28.9 Å². The van der Waals surface area contributed by atoms with Crippen molar-refractivity contribution in [2.45, 2.75) is 32.0 Å². The molecule has 2 aliphatic heterocycles. The number of aryl methyl sites for hydroxylation is 1. The maximum atomic E-state index is 13.8. The molecule has 6 heteroatoms. The number of rotatable bonds is 4. The predicted octanol–water partition coefficient (Wildman–Crippen LogP) is 5.72. The van der Waals surface area contributed by atoms with Crippen molar-refractivity contribution in [1.82, 2.24) is 4.90 Å². The number of piperidine rings is 1. The Morgan fingerprint density at radius 3 is 2.48 bits per heavy atom. The molecule has 3 aromatic carbocycles. The summed E-state index contributed by atoms with van der Waals surface area (Å²) in [7, 11) is 1.65. The molecule has 1 N–H and O–H groups in total. The van der Waals surface area contributed by atoms with Gasteiger partial charge < -0.3 is 10.1 Å². The fourth-order valence-corrected chi connectivity index (χ4v) is 5.19. The first-order valence-corrected chi connectivity index (χ1v) is 11.7. The summed E-state index contributed by atoms with van der Waals surface area (Å²) in [6.45, 7) is 4.81. The first-order chi connectivity index (χ1) is 16.0. The van der Waals surface area contributed by atoms with Crippen molar-refractivity contribution in [3.8, 4) is 5.75 Å². The summed E-state index contributed by atoms with van der Waals surface area (Å²) in [5.74, 6) is 0.767. The Hall–Kier alpha value is -3.02. The number of carbonyl (C=O) groups excluding carboxylic acids is 1. The van der Waals surface area contributed by atoms with Gasteiger partial charge in [-0.25, -0.2) is 0 Å². The number of fused-ring (bicyclic) bond motifs is 1. The zero-order valence-electron chi connectivity index (χ0n) is 19.0. The van der Waals surface area contributed by atoms with Crippen LogP contribution in [0.2, 0.25) is 5.02 Å². The Morgan fingerprint density at radius 2 is 1.79 bits per heavy atom. The van der Waals surface area contributed by atoms with Crippen LogP contribution < -0.4 is 15.0 Å². The standard InChI is InChI=1S/C27H28ClN3O2/c1-19-4-3-5-20(16-19)18-30-14-12-27(13-15-30)29-25-17-21(28)6-11-24(25)26(32)31(27)22-7-9-23(33-2)10-8-22/h3-11,16-17,29H,12-15,18H2,1-2H3. The Balaban J connectivity index is 1.46. The second-order valence-electron chi connectivity index (χ2n) is 8.95. The van der Waals surface area contributed by atoms with Crippen LogP contribution in [0.3, 0.4) is 0 Å². The third-order valence-corrected chi connectivity index (χ3v) is 6.95. The van der Waals surface area contributed by atoms with Gasteiger partial charge >= 0.3 is 0 Å². The average molecular weight is 462 g/mol. The van der Waals surface area contributed by atoms with E-state index in [0.717, 1.165) is 49.6 Å². The molecule has 170 valence electrons. The lowest BCUT2D eigenvalue weighted by molar-refractivity contribution is 0.0904. The maximum absolute atomic E-state index is 13.8. The van der Waals surface area contributed by atoms with Crippen LogP contribution in [-0.4, -0.2) is 36.7 Å². The van der Waals surface area contributed by atoms with Crippen LogP contribution in [0, 0.1) is 6.92 Å². The van der Waals surface area contributed by atoms with Gasteiger partial charge in [-0.2, -0.15) is 0 Å². The maximum Gasteiger partial charge on any atom is 0.262 e. The SMILES string of the molecule is COc1ccc(N2C(=O)c3ccc(Cl)cc3NC23CCN(Cc2cccc(C)c2)CC3)cc1. The number of nitrogens with one attached hydrogen (secondary N) is 1. The van der Waals surface area contributed by atoms with Gasteiger partial charge in [0.1, 0.15) is 11.4 Å². The summed E-state index contributed by atoms with van der Waals surface area (Å²) in [5, 5.41) is 4.34. The van der Waals surface area contributed by atoms with Gasteiger partial charge in [0.05, 0.1) is 18.4 Å². The molecule has 2 aliphatic rings. The highest BCUT2D eigenvalue weighted by Crippen LogP contribution is 2.42. The van der Waals surface area contributed by atoms with E-state index in [1.807, 2.05) is 41.3 Å². The highest BCUT2D eigenvalue weighted by molar-refractivity contribution is 6.31. The number of benzene rings is 3. The lowest BCUT2D eigenvalue weighted by Crippen LogP contribution is -2.64. The predicted molar refractivity (Wildman–Crippen MR) is 133 cm³/mol. The van der Waals surface area contributed by atoms with E-state index in [0.29, 0.717) is 10.6 Å². The van der Waals surface area contributed by atoms with Crippen molar-refractivity contribution in [3.05, 3.63) is 88.4 Å². The smallest absolute Gasteiger partial charge is 0.262 e. The van der Waals surface area contributed by atoms with Crippen LogP contribution in [0.1, 0.15) is 34.3 Å². The van der Waals surface area contributed by atoms with Gasteiger partial charge in [-0.3, -0.25) is 14.6 Å². The molecular formula is C27H28ClN3O2. The summed E-state index contributed by atoms with van der Waals surface area (Å²) in [6, 6.07) is 21.8. The molecular weight excluding hydrogens is 434 g/mol. The van der Waals surface area contributed by atoms with Crippen molar-refractivity contribution < 1.29 is 9.53 Å². The van der Waals surface area contributed by atoms with Crippen LogP contribution in [0.4, 0.5) is 11.4 Å². The molecule has 2 heterocycles. The summed E-state index contributed by atoms with van der Waals surface area (Å²) in [4.78, 5) is 18.2. The van der Waals surface area contributed by atoms with E-state index in [4.69, 9.17) is 16.3 Å². The van der Waals surface area contributed by atoms with Gasteiger partial charge in [0, 0.05) is 43.2 Å². The van der Waals surface area contributed by atoms with Crippen molar-refractivity contribution in [2.75, 3.05) is 30.4 Å². The Bertz CT molecular complexity index is 1170.